The summed E-state index contributed by atoms with van der Waals surface area (Å²) < 4.78 is 0. The highest BCUT2D eigenvalue weighted by molar-refractivity contribution is 6.10. The van der Waals surface area contributed by atoms with Crippen molar-refractivity contribution in [1.29, 1.82) is 0 Å². The van der Waals surface area contributed by atoms with E-state index >= 15 is 0 Å². The lowest BCUT2D eigenvalue weighted by Gasteiger charge is -2.35. The van der Waals surface area contributed by atoms with E-state index in [1.54, 1.807) is 0 Å². The molecule has 2 aromatic rings. The van der Waals surface area contributed by atoms with E-state index in [0.29, 0.717) is 0 Å². The molecule has 8 nitrogen and oxygen atoms in total. The summed E-state index contributed by atoms with van der Waals surface area (Å²) >= 11 is 0. The molecule has 4 heterocycles. The molecule has 4 aliphatic rings. The van der Waals surface area contributed by atoms with E-state index in [0.717, 1.165) is 11.1 Å². The average molecular weight is 430 g/mol. The number of amides is 4. The molecule has 0 bridgehead atoms. The van der Waals surface area contributed by atoms with Gasteiger partial charge in [-0.25, -0.2) is 10.0 Å². The molecule has 162 valence electrons. The zero-order valence-corrected chi connectivity index (χ0v) is 17.7. The van der Waals surface area contributed by atoms with Gasteiger partial charge in [-0.05, 0) is 11.1 Å². The first-order chi connectivity index (χ1) is 15.4. The van der Waals surface area contributed by atoms with Gasteiger partial charge in [0.1, 0.15) is 12.1 Å². The van der Waals surface area contributed by atoms with E-state index in [2.05, 4.69) is 0 Å². The molecule has 0 aromatic heterocycles. The first-order valence-electron chi connectivity index (χ1n) is 10.7. The number of likely N-dealkylation sites (N-methyl/N-ethyl adjacent to an activating group) is 2. The largest absolute Gasteiger partial charge is 0.284 e. The molecule has 0 spiro atoms. The standard InChI is InChI=1S/C24H22N4O4/c1-25-21(29)15-17(13-9-5-3-6-10-13)28-20-16(22(30)26(2)24(20)32)18(14-11-7-4-8-12-14)27(28)19(15)23(25)31/h3-12,15-20H,1-2H3/t15-,16-,17-,18+,19+,20+/m0/s1. The maximum Gasteiger partial charge on any atom is 0.248 e. The number of carbonyl (C=O) groups excluding carboxylic acids is 4. The Morgan fingerprint density at radius 2 is 0.844 bits per heavy atom. The van der Waals surface area contributed by atoms with Crippen LogP contribution in [0.15, 0.2) is 60.7 Å². The molecule has 6 rings (SSSR count). The summed E-state index contributed by atoms with van der Waals surface area (Å²) in [5, 5.41) is 3.75. The van der Waals surface area contributed by atoms with Crippen molar-refractivity contribution in [3.05, 3.63) is 71.8 Å². The second kappa shape index (κ2) is 6.57. The molecule has 6 atom stereocenters. The maximum atomic E-state index is 13.3. The van der Waals surface area contributed by atoms with Gasteiger partial charge in [-0.3, -0.25) is 29.0 Å². The molecule has 0 unspecified atom stereocenters. The van der Waals surface area contributed by atoms with Crippen LogP contribution in [0.5, 0.6) is 0 Å². The average Bonchev–Trinajstić information content (AvgIpc) is 3.46. The van der Waals surface area contributed by atoms with Crippen LogP contribution in [0.1, 0.15) is 23.2 Å². The van der Waals surface area contributed by atoms with Crippen LogP contribution < -0.4 is 0 Å². The molecule has 4 saturated heterocycles. The van der Waals surface area contributed by atoms with E-state index in [-0.39, 0.29) is 23.6 Å². The molecular formula is C24H22N4O4. The van der Waals surface area contributed by atoms with Crippen molar-refractivity contribution in [2.75, 3.05) is 14.1 Å². The summed E-state index contributed by atoms with van der Waals surface area (Å²) in [4.78, 5) is 55.5. The topological polar surface area (TPSA) is 81.2 Å². The second-order valence-corrected chi connectivity index (χ2v) is 8.88. The number of hydrogen-bond acceptors (Lipinski definition) is 6. The lowest BCUT2D eigenvalue weighted by molar-refractivity contribution is -0.151. The number of hydrazine groups is 1. The first kappa shape index (κ1) is 19.3. The molecule has 4 aliphatic heterocycles. The Morgan fingerprint density at radius 1 is 0.500 bits per heavy atom. The Labute approximate surface area is 185 Å². The van der Waals surface area contributed by atoms with Gasteiger partial charge in [0.05, 0.1) is 23.9 Å². The minimum Gasteiger partial charge on any atom is -0.284 e. The predicted molar refractivity (Wildman–Crippen MR) is 112 cm³/mol. The van der Waals surface area contributed by atoms with Crippen LogP contribution in [0.4, 0.5) is 0 Å². The van der Waals surface area contributed by atoms with Crippen molar-refractivity contribution in [3.8, 4) is 0 Å². The molecule has 0 N–H and O–H groups in total. The van der Waals surface area contributed by atoms with Crippen molar-refractivity contribution in [2.45, 2.75) is 24.2 Å². The molecule has 4 amide bonds. The highest BCUT2D eigenvalue weighted by Gasteiger charge is 2.72. The fourth-order valence-corrected chi connectivity index (χ4v) is 6.08. The Bertz CT molecular complexity index is 1060. The van der Waals surface area contributed by atoms with Gasteiger partial charge in [-0.15, -0.1) is 0 Å². The Hall–Kier alpha value is -3.36. The van der Waals surface area contributed by atoms with Crippen LogP contribution in [0.2, 0.25) is 0 Å². The lowest BCUT2D eigenvalue weighted by atomic mass is 9.84. The van der Waals surface area contributed by atoms with E-state index in [1.165, 1.54) is 23.9 Å². The maximum absolute atomic E-state index is 13.3. The van der Waals surface area contributed by atoms with Crippen LogP contribution in [0.3, 0.4) is 0 Å². The van der Waals surface area contributed by atoms with Crippen LogP contribution in [0, 0.1) is 11.8 Å². The fourth-order valence-electron chi connectivity index (χ4n) is 6.08. The SMILES string of the molecule is CN1C(=O)[C@@H]2[C@H](C1=O)N1[C@H](c3ccccc3)[C@@H]3C(=O)N(C)C(=O)[C@@H]3N1[C@H]2c1ccccc1. The molecule has 4 fully saturated rings. The number of likely N-dealkylation sites (tertiary alicyclic amines) is 2. The lowest BCUT2D eigenvalue weighted by Crippen LogP contribution is -2.49. The van der Waals surface area contributed by atoms with Crippen LogP contribution in [0.25, 0.3) is 0 Å². The van der Waals surface area contributed by atoms with Crippen molar-refractivity contribution in [2.24, 2.45) is 11.8 Å². The Kier molecular flexibility index (Phi) is 3.97. The van der Waals surface area contributed by atoms with Gasteiger partial charge < -0.3 is 0 Å². The molecule has 0 saturated carbocycles. The van der Waals surface area contributed by atoms with E-state index in [9.17, 15) is 19.2 Å². The summed E-state index contributed by atoms with van der Waals surface area (Å²) in [5.74, 6) is -2.38. The summed E-state index contributed by atoms with van der Waals surface area (Å²) in [6, 6.07) is 16.4. The third-order valence-corrected chi connectivity index (χ3v) is 7.45. The smallest absolute Gasteiger partial charge is 0.248 e. The number of rotatable bonds is 2. The van der Waals surface area contributed by atoms with Gasteiger partial charge in [0, 0.05) is 14.1 Å². The van der Waals surface area contributed by atoms with Crippen molar-refractivity contribution in [1.82, 2.24) is 19.8 Å². The number of nitrogens with zero attached hydrogens (tertiary/aromatic N) is 4. The molecule has 0 radical (unpaired) electrons. The highest BCUT2D eigenvalue weighted by atomic mass is 16.2. The van der Waals surface area contributed by atoms with E-state index < -0.39 is 36.0 Å². The number of imide groups is 2. The third kappa shape index (κ3) is 2.23. The third-order valence-electron chi connectivity index (χ3n) is 7.45. The van der Waals surface area contributed by atoms with Crippen molar-refractivity contribution >= 4 is 23.6 Å². The monoisotopic (exact) mass is 430 g/mol. The number of benzene rings is 2. The Balaban J connectivity index is 1.60. The second-order valence-electron chi connectivity index (χ2n) is 8.88. The van der Waals surface area contributed by atoms with Gasteiger partial charge in [0.15, 0.2) is 0 Å². The van der Waals surface area contributed by atoms with Gasteiger partial charge in [-0.2, -0.15) is 0 Å². The molecule has 2 aromatic carbocycles. The minimum atomic E-state index is -0.751. The van der Waals surface area contributed by atoms with Crippen LogP contribution in [-0.2, 0) is 19.2 Å². The normalized spacial score (nSPS) is 34.4. The zero-order chi connectivity index (χ0) is 22.3. The predicted octanol–water partition coefficient (Wildman–Crippen LogP) is 0.982. The summed E-state index contributed by atoms with van der Waals surface area (Å²) in [7, 11) is 3.02. The molecule has 0 aliphatic carbocycles. The van der Waals surface area contributed by atoms with Crippen molar-refractivity contribution < 1.29 is 19.2 Å². The highest BCUT2D eigenvalue weighted by Crippen LogP contribution is 2.58. The number of fused-ring (bicyclic) bond motifs is 5. The van der Waals surface area contributed by atoms with Gasteiger partial charge in [0.2, 0.25) is 23.6 Å². The minimum absolute atomic E-state index is 0.253. The Morgan fingerprint density at radius 3 is 1.19 bits per heavy atom. The fraction of sp³-hybridized carbons (Fsp3) is 0.333. The van der Waals surface area contributed by atoms with Crippen molar-refractivity contribution in [3.63, 3.8) is 0 Å². The van der Waals surface area contributed by atoms with Gasteiger partial charge >= 0.3 is 0 Å². The van der Waals surface area contributed by atoms with Gasteiger partial charge in [0.25, 0.3) is 0 Å². The summed E-state index contributed by atoms with van der Waals surface area (Å²) in [6.45, 7) is 0. The van der Waals surface area contributed by atoms with E-state index in [1.807, 2.05) is 70.7 Å². The summed E-state index contributed by atoms with van der Waals surface area (Å²) in [6.07, 6.45) is 0. The van der Waals surface area contributed by atoms with Gasteiger partial charge in [-0.1, -0.05) is 60.7 Å². The quantitative estimate of drug-likeness (QED) is 0.661. The van der Waals surface area contributed by atoms with E-state index in [4.69, 9.17) is 0 Å². The van der Waals surface area contributed by atoms with Crippen LogP contribution in [-0.4, -0.2) is 69.6 Å². The first-order valence-corrected chi connectivity index (χ1v) is 10.7. The summed E-state index contributed by atoms with van der Waals surface area (Å²) in [5.41, 5.74) is 1.70. The molecular weight excluding hydrogens is 408 g/mol. The number of hydrogen-bond donors (Lipinski definition) is 0. The zero-order valence-electron chi connectivity index (χ0n) is 17.7. The van der Waals surface area contributed by atoms with Crippen LogP contribution >= 0.6 is 0 Å². The number of carbonyl (C=O) groups is 4. The molecule has 32 heavy (non-hydrogen) atoms. The molecule has 8 heteroatoms.